The number of benzene rings is 2. The van der Waals surface area contributed by atoms with Gasteiger partial charge < -0.3 is 5.32 Å². The molecule has 0 aliphatic heterocycles. The highest BCUT2D eigenvalue weighted by Crippen LogP contribution is 2.46. The van der Waals surface area contributed by atoms with Gasteiger partial charge in [-0.3, -0.25) is 4.79 Å². The van der Waals surface area contributed by atoms with Crippen LogP contribution in [0.4, 0.5) is 10.1 Å². The summed E-state index contributed by atoms with van der Waals surface area (Å²) in [6.07, 6.45) is 1.34. The predicted octanol–water partition coefficient (Wildman–Crippen LogP) is 2.75. The molecule has 1 amide bonds. The molecule has 5 nitrogen and oxygen atoms in total. The van der Waals surface area contributed by atoms with Crippen molar-refractivity contribution in [2.24, 2.45) is 0 Å². The van der Waals surface area contributed by atoms with Crippen molar-refractivity contribution in [3.8, 4) is 0 Å². The molecule has 1 aliphatic carbocycles. The first-order valence-electron chi connectivity index (χ1n) is 7.48. The first-order valence-corrected chi connectivity index (χ1v) is 8.97. The molecular weight excluding hydrogens is 331 g/mol. The van der Waals surface area contributed by atoms with E-state index in [0.717, 1.165) is 5.56 Å². The Morgan fingerprint density at radius 1 is 1.04 bits per heavy atom. The summed E-state index contributed by atoms with van der Waals surface area (Å²) in [5.41, 5.74) is 0.617. The van der Waals surface area contributed by atoms with Crippen LogP contribution in [0.5, 0.6) is 0 Å². The normalized spacial score (nSPS) is 15.8. The van der Waals surface area contributed by atoms with Crippen molar-refractivity contribution in [3.05, 3.63) is 59.9 Å². The first-order chi connectivity index (χ1) is 11.3. The molecule has 0 spiro atoms. The first kappa shape index (κ1) is 16.6. The molecule has 1 saturated carbocycles. The van der Waals surface area contributed by atoms with Gasteiger partial charge in [0.25, 0.3) is 0 Å². The van der Waals surface area contributed by atoms with Gasteiger partial charge in [0.05, 0.1) is 10.4 Å². The molecule has 2 N–H and O–H groups in total. The zero-order valence-corrected chi connectivity index (χ0v) is 13.9. The molecule has 0 heterocycles. The number of anilines is 1. The van der Waals surface area contributed by atoms with Gasteiger partial charge in [0.15, 0.2) is 0 Å². The van der Waals surface area contributed by atoms with Crippen LogP contribution in [0.15, 0.2) is 53.4 Å². The number of hydrogen-bond acceptors (Lipinski definition) is 3. The van der Waals surface area contributed by atoms with Crippen LogP contribution in [0, 0.1) is 5.82 Å². The van der Waals surface area contributed by atoms with E-state index < -0.39 is 15.6 Å². The maximum atomic E-state index is 13.1. The molecule has 0 unspecified atom stereocenters. The van der Waals surface area contributed by atoms with Crippen molar-refractivity contribution in [2.45, 2.75) is 30.2 Å². The minimum Gasteiger partial charge on any atom is -0.326 e. The van der Waals surface area contributed by atoms with E-state index in [0.29, 0.717) is 18.5 Å². The van der Waals surface area contributed by atoms with E-state index in [4.69, 9.17) is 0 Å². The summed E-state index contributed by atoms with van der Waals surface area (Å²) >= 11 is 0. The summed E-state index contributed by atoms with van der Waals surface area (Å²) in [5.74, 6) is -0.581. The highest BCUT2D eigenvalue weighted by atomic mass is 32.2. The summed E-state index contributed by atoms with van der Waals surface area (Å²) < 4.78 is 41.0. The lowest BCUT2D eigenvalue weighted by Gasteiger charge is -2.18. The standard InChI is InChI=1S/C17H17FN2O3S/c1-12(21)19-15-6-8-16(9-7-15)24(22,23)20-17(10-11-17)13-2-4-14(18)5-3-13/h2-9,20H,10-11H2,1H3,(H,19,21). The van der Waals surface area contributed by atoms with Crippen LogP contribution in [0.3, 0.4) is 0 Å². The van der Waals surface area contributed by atoms with E-state index in [2.05, 4.69) is 10.0 Å². The molecule has 7 heteroatoms. The number of rotatable bonds is 5. The number of hydrogen-bond donors (Lipinski definition) is 2. The Bertz CT molecular complexity index is 858. The average Bonchev–Trinajstić information content (AvgIpc) is 3.28. The van der Waals surface area contributed by atoms with Gasteiger partial charge >= 0.3 is 0 Å². The lowest BCUT2D eigenvalue weighted by Crippen LogP contribution is -2.34. The predicted molar refractivity (Wildman–Crippen MR) is 88.4 cm³/mol. The van der Waals surface area contributed by atoms with Crippen molar-refractivity contribution in [1.82, 2.24) is 4.72 Å². The number of carbonyl (C=O) groups is 1. The second-order valence-electron chi connectivity index (χ2n) is 5.90. The van der Waals surface area contributed by atoms with Crippen LogP contribution in [-0.2, 0) is 20.4 Å². The monoisotopic (exact) mass is 348 g/mol. The minimum atomic E-state index is -3.72. The molecule has 2 aromatic rings. The van der Waals surface area contributed by atoms with E-state index in [9.17, 15) is 17.6 Å². The molecule has 0 aromatic heterocycles. The Kier molecular flexibility index (Phi) is 4.15. The fourth-order valence-corrected chi connectivity index (χ4v) is 4.03. The quantitative estimate of drug-likeness (QED) is 0.872. The smallest absolute Gasteiger partial charge is 0.241 e. The molecule has 0 bridgehead atoms. The molecule has 0 saturated heterocycles. The molecule has 0 atom stereocenters. The lowest BCUT2D eigenvalue weighted by atomic mass is 10.1. The Hall–Kier alpha value is -2.25. The Labute approximate surface area is 139 Å². The van der Waals surface area contributed by atoms with Gasteiger partial charge in [-0.25, -0.2) is 17.5 Å². The Balaban J connectivity index is 1.81. The fraction of sp³-hybridized carbons (Fsp3) is 0.235. The van der Waals surface area contributed by atoms with Crippen LogP contribution in [0.1, 0.15) is 25.3 Å². The van der Waals surface area contributed by atoms with Crippen LogP contribution < -0.4 is 10.0 Å². The van der Waals surface area contributed by atoms with Gasteiger partial charge in [0.2, 0.25) is 15.9 Å². The molecule has 24 heavy (non-hydrogen) atoms. The maximum absolute atomic E-state index is 13.1. The van der Waals surface area contributed by atoms with Crippen molar-refractivity contribution < 1.29 is 17.6 Å². The minimum absolute atomic E-state index is 0.116. The average molecular weight is 348 g/mol. The fourth-order valence-electron chi connectivity index (χ4n) is 2.58. The van der Waals surface area contributed by atoms with Gasteiger partial charge in [-0.1, -0.05) is 12.1 Å². The summed E-state index contributed by atoms with van der Waals surface area (Å²) in [4.78, 5) is 11.1. The number of halogens is 1. The van der Waals surface area contributed by atoms with E-state index in [1.54, 1.807) is 12.1 Å². The zero-order valence-electron chi connectivity index (χ0n) is 13.0. The molecule has 2 aromatic carbocycles. The summed E-state index contributed by atoms with van der Waals surface area (Å²) in [6, 6.07) is 11.8. The van der Waals surface area contributed by atoms with Gasteiger partial charge in [0.1, 0.15) is 5.82 Å². The topological polar surface area (TPSA) is 75.3 Å². The highest BCUT2D eigenvalue weighted by molar-refractivity contribution is 7.89. The van der Waals surface area contributed by atoms with Gasteiger partial charge in [-0.05, 0) is 54.8 Å². The molecule has 1 fully saturated rings. The molecule has 0 radical (unpaired) electrons. The van der Waals surface area contributed by atoms with E-state index >= 15 is 0 Å². The van der Waals surface area contributed by atoms with Gasteiger partial charge in [-0.2, -0.15) is 0 Å². The molecule has 1 aliphatic rings. The number of carbonyl (C=O) groups excluding carboxylic acids is 1. The largest absolute Gasteiger partial charge is 0.326 e. The van der Waals surface area contributed by atoms with Crippen LogP contribution in [-0.4, -0.2) is 14.3 Å². The lowest BCUT2D eigenvalue weighted by molar-refractivity contribution is -0.114. The summed E-state index contributed by atoms with van der Waals surface area (Å²) in [6.45, 7) is 1.38. The summed E-state index contributed by atoms with van der Waals surface area (Å²) in [7, 11) is -3.72. The van der Waals surface area contributed by atoms with Crippen LogP contribution in [0.25, 0.3) is 0 Å². The maximum Gasteiger partial charge on any atom is 0.241 e. The second kappa shape index (κ2) is 5.99. The SMILES string of the molecule is CC(=O)Nc1ccc(S(=O)(=O)NC2(c3ccc(F)cc3)CC2)cc1. The van der Waals surface area contributed by atoms with Crippen molar-refractivity contribution in [1.29, 1.82) is 0 Å². The zero-order chi connectivity index (χ0) is 17.4. The third kappa shape index (κ3) is 3.47. The third-order valence-corrected chi connectivity index (χ3v) is 5.51. The van der Waals surface area contributed by atoms with Crippen LogP contribution in [0.2, 0.25) is 0 Å². The van der Waals surface area contributed by atoms with Crippen LogP contribution >= 0.6 is 0 Å². The summed E-state index contributed by atoms with van der Waals surface area (Å²) in [5, 5.41) is 2.59. The molecular formula is C17H17FN2O3S. The number of nitrogens with one attached hydrogen (secondary N) is 2. The van der Waals surface area contributed by atoms with Crippen molar-refractivity contribution in [3.63, 3.8) is 0 Å². The van der Waals surface area contributed by atoms with E-state index in [-0.39, 0.29) is 16.6 Å². The van der Waals surface area contributed by atoms with E-state index in [1.807, 2.05) is 0 Å². The van der Waals surface area contributed by atoms with Gasteiger partial charge in [-0.15, -0.1) is 0 Å². The second-order valence-corrected chi connectivity index (χ2v) is 7.58. The third-order valence-electron chi connectivity index (χ3n) is 3.96. The molecule has 3 rings (SSSR count). The Morgan fingerprint density at radius 3 is 2.12 bits per heavy atom. The van der Waals surface area contributed by atoms with Crippen molar-refractivity contribution >= 4 is 21.6 Å². The Morgan fingerprint density at radius 2 is 1.62 bits per heavy atom. The van der Waals surface area contributed by atoms with Crippen molar-refractivity contribution in [2.75, 3.05) is 5.32 Å². The number of amides is 1. The molecule has 126 valence electrons. The number of sulfonamides is 1. The van der Waals surface area contributed by atoms with Gasteiger partial charge in [0, 0.05) is 12.6 Å². The van der Waals surface area contributed by atoms with E-state index in [1.165, 1.54) is 43.3 Å². The highest BCUT2D eigenvalue weighted by Gasteiger charge is 2.47.